The molecule has 17 heavy (non-hydrogen) atoms. The maximum Gasteiger partial charge on any atom is 0.112 e. The Morgan fingerprint density at radius 1 is 1.35 bits per heavy atom. The summed E-state index contributed by atoms with van der Waals surface area (Å²) in [4.78, 5) is 7.26. The molecule has 0 radical (unpaired) electrons. The quantitative estimate of drug-likeness (QED) is 0.877. The highest BCUT2D eigenvalue weighted by Gasteiger charge is 2.20. The maximum absolute atomic E-state index is 9.81. The van der Waals surface area contributed by atoms with Gasteiger partial charge in [-0.3, -0.25) is 0 Å². The lowest BCUT2D eigenvalue weighted by Gasteiger charge is -2.17. The monoisotopic (exact) mass is 250 g/mol. The number of aliphatic hydroxyl groups is 1. The summed E-state index contributed by atoms with van der Waals surface area (Å²) in [6, 6.07) is 7.66. The first kappa shape index (κ1) is 12.1. The van der Waals surface area contributed by atoms with E-state index in [0.717, 1.165) is 22.8 Å². The summed E-state index contributed by atoms with van der Waals surface area (Å²) < 4.78 is 0. The number of nitrogens with zero attached hydrogens (tertiary/aromatic N) is 1. The van der Waals surface area contributed by atoms with Crippen molar-refractivity contribution in [2.75, 3.05) is 0 Å². The van der Waals surface area contributed by atoms with Crippen molar-refractivity contribution < 1.29 is 5.11 Å². The number of aromatic nitrogens is 2. The van der Waals surface area contributed by atoms with Crippen LogP contribution in [0.4, 0.5) is 0 Å². The Kier molecular flexibility index (Phi) is 3.82. The van der Waals surface area contributed by atoms with Crippen LogP contribution in [-0.4, -0.2) is 21.2 Å². The minimum absolute atomic E-state index is 0.0221. The van der Waals surface area contributed by atoms with Crippen molar-refractivity contribution in [3.05, 3.63) is 53.1 Å². The Hall–Kier alpha value is -1.32. The first-order valence-corrected chi connectivity index (χ1v) is 5.96. The average Bonchev–Trinajstić information content (AvgIpc) is 2.81. The van der Waals surface area contributed by atoms with Crippen molar-refractivity contribution in [2.24, 2.45) is 0 Å². The van der Waals surface area contributed by atoms with Crippen molar-refractivity contribution in [2.45, 2.75) is 25.4 Å². The van der Waals surface area contributed by atoms with Gasteiger partial charge in [-0.05, 0) is 31.0 Å². The second-order valence-corrected chi connectivity index (χ2v) is 4.59. The zero-order valence-electron chi connectivity index (χ0n) is 9.60. The lowest BCUT2D eigenvalue weighted by Crippen LogP contribution is -2.18. The van der Waals surface area contributed by atoms with Crippen molar-refractivity contribution in [1.29, 1.82) is 0 Å². The molecule has 2 rings (SSSR count). The molecule has 1 aromatic carbocycles. The van der Waals surface area contributed by atoms with Gasteiger partial charge in [-0.25, -0.2) is 4.98 Å². The first-order chi connectivity index (χ1) is 8.16. The Balaban J connectivity index is 2.16. The Morgan fingerprint density at radius 3 is 2.59 bits per heavy atom. The van der Waals surface area contributed by atoms with Gasteiger partial charge in [0.25, 0.3) is 0 Å². The molecule has 0 spiro atoms. The van der Waals surface area contributed by atoms with Gasteiger partial charge in [-0.1, -0.05) is 23.7 Å². The van der Waals surface area contributed by atoms with Crippen LogP contribution in [0.3, 0.4) is 0 Å². The molecule has 2 aromatic rings. The van der Waals surface area contributed by atoms with Gasteiger partial charge in [0, 0.05) is 23.3 Å². The summed E-state index contributed by atoms with van der Waals surface area (Å²) >= 11 is 5.84. The molecule has 0 amide bonds. The normalized spacial score (nSPS) is 14.5. The molecule has 90 valence electrons. The van der Waals surface area contributed by atoms with Gasteiger partial charge in [0.05, 0.1) is 6.10 Å². The maximum atomic E-state index is 9.81. The smallest absolute Gasteiger partial charge is 0.112 e. The third-order valence-corrected chi connectivity index (χ3v) is 3.07. The van der Waals surface area contributed by atoms with E-state index in [4.69, 9.17) is 11.6 Å². The molecule has 0 fully saturated rings. The number of rotatable bonds is 4. The lowest BCUT2D eigenvalue weighted by molar-refractivity contribution is 0.158. The number of H-pyrrole nitrogens is 1. The number of aromatic amines is 1. The minimum atomic E-state index is -0.447. The zero-order chi connectivity index (χ0) is 12.3. The lowest BCUT2D eigenvalue weighted by atomic mass is 9.94. The molecule has 1 heterocycles. The molecule has 2 N–H and O–H groups in total. The van der Waals surface area contributed by atoms with Crippen LogP contribution in [0.15, 0.2) is 36.7 Å². The molecule has 0 aliphatic carbocycles. The number of hydrogen-bond acceptors (Lipinski definition) is 2. The Bertz CT molecular complexity index is 451. The molecule has 0 saturated heterocycles. The van der Waals surface area contributed by atoms with Gasteiger partial charge in [-0.15, -0.1) is 0 Å². The molecular weight excluding hydrogens is 236 g/mol. The fraction of sp³-hybridized carbons (Fsp3) is 0.308. The van der Waals surface area contributed by atoms with E-state index in [-0.39, 0.29) is 5.92 Å². The molecule has 2 unspecified atom stereocenters. The van der Waals surface area contributed by atoms with E-state index >= 15 is 0 Å². The molecule has 4 heteroatoms. The molecule has 0 saturated carbocycles. The fourth-order valence-corrected chi connectivity index (χ4v) is 1.98. The SMILES string of the molecule is CC(O)C(Cc1ccc(Cl)cc1)c1ncc[nH]1. The van der Waals surface area contributed by atoms with E-state index in [0.29, 0.717) is 0 Å². The molecular formula is C13H15ClN2O. The van der Waals surface area contributed by atoms with Crippen LogP contribution in [0.25, 0.3) is 0 Å². The molecule has 0 aliphatic rings. The predicted octanol–water partition coefficient (Wildman–Crippen LogP) is 2.77. The molecule has 1 aromatic heterocycles. The van der Waals surface area contributed by atoms with E-state index in [1.54, 1.807) is 19.3 Å². The Labute approximate surface area is 105 Å². The highest BCUT2D eigenvalue weighted by atomic mass is 35.5. The predicted molar refractivity (Wildman–Crippen MR) is 68.2 cm³/mol. The molecule has 3 nitrogen and oxygen atoms in total. The van der Waals surface area contributed by atoms with Crippen LogP contribution in [0.1, 0.15) is 24.2 Å². The van der Waals surface area contributed by atoms with Crippen molar-refractivity contribution in [1.82, 2.24) is 9.97 Å². The summed E-state index contributed by atoms with van der Waals surface area (Å²) in [5, 5.41) is 10.5. The van der Waals surface area contributed by atoms with Crippen LogP contribution < -0.4 is 0 Å². The van der Waals surface area contributed by atoms with Crippen LogP contribution in [0.2, 0.25) is 5.02 Å². The summed E-state index contributed by atoms with van der Waals surface area (Å²) in [5.74, 6) is 0.793. The van der Waals surface area contributed by atoms with Crippen molar-refractivity contribution in [3.8, 4) is 0 Å². The second-order valence-electron chi connectivity index (χ2n) is 4.15. The first-order valence-electron chi connectivity index (χ1n) is 5.58. The third-order valence-electron chi connectivity index (χ3n) is 2.82. The van der Waals surface area contributed by atoms with Gasteiger partial charge in [0.1, 0.15) is 5.82 Å². The number of aliphatic hydroxyl groups excluding tert-OH is 1. The number of nitrogens with one attached hydrogen (secondary N) is 1. The largest absolute Gasteiger partial charge is 0.393 e. The standard InChI is InChI=1S/C13H15ClN2O/c1-9(17)12(13-15-6-7-16-13)8-10-2-4-11(14)5-3-10/h2-7,9,12,17H,8H2,1H3,(H,15,16). The van der Waals surface area contributed by atoms with Crippen molar-refractivity contribution in [3.63, 3.8) is 0 Å². The van der Waals surface area contributed by atoms with Gasteiger partial charge >= 0.3 is 0 Å². The highest BCUT2D eigenvalue weighted by Crippen LogP contribution is 2.22. The van der Waals surface area contributed by atoms with Gasteiger partial charge < -0.3 is 10.1 Å². The van der Waals surface area contributed by atoms with E-state index < -0.39 is 6.10 Å². The molecule has 0 aliphatic heterocycles. The van der Waals surface area contributed by atoms with Crippen LogP contribution in [0.5, 0.6) is 0 Å². The minimum Gasteiger partial charge on any atom is -0.393 e. The summed E-state index contributed by atoms with van der Waals surface area (Å²) in [5.41, 5.74) is 1.14. The number of imidazole rings is 1. The second kappa shape index (κ2) is 5.34. The van der Waals surface area contributed by atoms with Gasteiger partial charge in [0.2, 0.25) is 0 Å². The molecule has 0 bridgehead atoms. The van der Waals surface area contributed by atoms with Crippen LogP contribution in [-0.2, 0) is 6.42 Å². The number of halogens is 1. The van der Waals surface area contributed by atoms with Crippen LogP contribution in [0, 0.1) is 0 Å². The van der Waals surface area contributed by atoms with Crippen LogP contribution >= 0.6 is 11.6 Å². The average molecular weight is 251 g/mol. The van der Waals surface area contributed by atoms with E-state index in [1.807, 2.05) is 24.3 Å². The van der Waals surface area contributed by atoms with E-state index in [9.17, 15) is 5.11 Å². The van der Waals surface area contributed by atoms with Gasteiger partial charge in [0.15, 0.2) is 0 Å². The number of benzene rings is 1. The Morgan fingerprint density at radius 2 is 2.06 bits per heavy atom. The fourth-order valence-electron chi connectivity index (χ4n) is 1.85. The van der Waals surface area contributed by atoms with E-state index in [1.165, 1.54) is 0 Å². The third kappa shape index (κ3) is 3.08. The number of hydrogen-bond donors (Lipinski definition) is 2. The summed E-state index contributed by atoms with van der Waals surface area (Å²) in [7, 11) is 0. The topological polar surface area (TPSA) is 48.9 Å². The highest BCUT2D eigenvalue weighted by molar-refractivity contribution is 6.30. The van der Waals surface area contributed by atoms with Crippen molar-refractivity contribution >= 4 is 11.6 Å². The summed E-state index contributed by atoms with van der Waals surface area (Å²) in [6.45, 7) is 1.78. The molecule has 2 atom stereocenters. The summed E-state index contributed by atoms with van der Waals surface area (Å²) in [6.07, 6.45) is 3.76. The van der Waals surface area contributed by atoms with E-state index in [2.05, 4.69) is 9.97 Å². The van der Waals surface area contributed by atoms with Gasteiger partial charge in [-0.2, -0.15) is 0 Å². The zero-order valence-corrected chi connectivity index (χ0v) is 10.4.